The first-order chi connectivity index (χ1) is 6.17. The Morgan fingerprint density at radius 2 is 2.15 bits per heavy atom. The lowest BCUT2D eigenvalue weighted by molar-refractivity contribution is 1.17. The van der Waals surface area contributed by atoms with Gasteiger partial charge in [0.15, 0.2) is 0 Å². The molecule has 0 saturated heterocycles. The Hall–Kier alpha value is -0.830. The van der Waals surface area contributed by atoms with Crippen LogP contribution in [0.3, 0.4) is 0 Å². The summed E-state index contributed by atoms with van der Waals surface area (Å²) in [5, 5.41) is 7.48. The van der Waals surface area contributed by atoms with Crippen LogP contribution in [-0.2, 0) is 0 Å². The van der Waals surface area contributed by atoms with Gasteiger partial charge in [-0.2, -0.15) is 0 Å². The number of thiol groups is 1. The van der Waals surface area contributed by atoms with Crippen LogP contribution in [0.5, 0.6) is 0 Å². The topological polar surface area (TPSA) is 36.2 Å². The molecule has 0 aromatic carbocycles. The van der Waals surface area contributed by atoms with E-state index in [1.165, 1.54) is 0 Å². The zero-order valence-corrected chi connectivity index (χ0v) is 9.23. The van der Waals surface area contributed by atoms with Crippen molar-refractivity contribution in [2.75, 3.05) is 0 Å². The molecule has 72 valence electrons. The Kier molecular flexibility index (Phi) is 6.24. The van der Waals surface area contributed by atoms with Gasteiger partial charge in [0.05, 0.1) is 11.4 Å². The lowest BCUT2D eigenvalue weighted by atomic mass is 10.0. The Morgan fingerprint density at radius 1 is 1.54 bits per heavy atom. The highest BCUT2D eigenvalue weighted by molar-refractivity contribution is 7.79. The van der Waals surface area contributed by atoms with Crippen LogP contribution in [0.1, 0.15) is 27.2 Å². The first-order valence-corrected chi connectivity index (χ1v) is 4.67. The van der Waals surface area contributed by atoms with Gasteiger partial charge in [-0.1, -0.05) is 25.2 Å². The second-order valence-electron chi connectivity index (χ2n) is 2.64. The highest BCUT2D eigenvalue weighted by Gasteiger charge is 2.05. The minimum atomic E-state index is 0.451. The summed E-state index contributed by atoms with van der Waals surface area (Å²) in [7, 11) is 0. The zero-order chi connectivity index (χ0) is 10.3. The molecule has 0 unspecified atom stereocenters. The van der Waals surface area contributed by atoms with E-state index in [1.54, 1.807) is 6.92 Å². The minimum absolute atomic E-state index is 0.451. The number of nitrogens with zero attached hydrogens (tertiary/aromatic N) is 1. The maximum atomic E-state index is 7.48. The monoisotopic (exact) mass is 196 g/mol. The van der Waals surface area contributed by atoms with Gasteiger partial charge < -0.3 is 5.41 Å². The van der Waals surface area contributed by atoms with E-state index >= 15 is 0 Å². The number of hydrogen-bond acceptors (Lipinski definition) is 3. The molecule has 0 fully saturated rings. The average Bonchev–Trinajstić information content (AvgIpc) is 2.11. The zero-order valence-electron chi connectivity index (χ0n) is 8.33. The molecule has 2 nitrogen and oxygen atoms in total. The molecule has 0 aliphatic rings. The van der Waals surface area contributed by atoms with Crippen molar-refractivity contribution in [1.29, 1.82) is 5.41 Å². The number of nitrogens with one attached hydrogen (secondary N) is 1. The molecule has 0 aliphatic heterocycles. The molecule has 0 radical (unpaired) electrons. The predicted molar refractivity (Wildman–Crippen MR) is 63.0 cm³/mol. The fourth-order valence-electron chi connectivity index (χ4n) is 0.957. The lowest BCUT2D eigenvalue weighted by Crippen LogP contribution is -2.10. The van der Waals surface area contributed by atoms with Gasteiger partial charge in [-0.15, -0.1) is 0 Å². The molecule has 0 aromatic rings. The van der Waals surface area contributed by atoms with E-state index in [-0.39, 0.29) is 0 Å². The van der Waals surface area contributed by atoms with E-state index in [0.717, 1.165) is 12.0 Å². The van der Waals surface area contributed by atoms with E-state index in [0.29, 0.717) is 11.4 Å². The Morgan fingerprint density at radius 3 is 2.46 bits per heavy atom. The third kappa shape index (κ3) is 4.08. The van der Waals surface area contributed by atoms with Crippen molar-refractivity contribution in [3.63, 3.8) is 0 Å². The van der Waals surface area contributed by atoms with Crippen LogP contribution in [0, 0.1) is 5.41 Å². The first kappa shape index (κ1) is 12.2. The van der Waals surface area contributed by atoms with Crippen molar-refractivity contribution in [2.45, 2.75) is 27.2 Å². The molecule has 0 aliphatic carbocycles. The predicted octanol–water partition coefficient (Wildman–Crippen LogP) is 3.22. The summed E-state index contributed by atoms with van der Waals surface area (Å²) in [6.07, 6.45) is 6.72. The standard InChI is InChI=1S/C10H16N2S/c1-4-6-7-9(5-2)10(12-13)8(3)11/h4,6-7,11,13H,5H2,1-3H3/b6-4-,9-7+,11-8?,12-10+. The van der Waals surface area contributed by atoms with E-state index in [2.05, 4.69) is 17.2 Å². The number of allylic oxidation sites excluding steroid dienone is 4. The summed E-state index contributed by atoms with van der Waals surface area (Å²) in [5.74, 6) is 0. The van der Waals surface area contributed by atoms with Crippen molar-refractivity contribution in [3.05, 3.63) is 23.8 Å². The average molecular weight is 196 g/mol. The Bertz CT molecular complexity index is 262. The van der Waals surface area contributed by atoms with Gasteiger partial charge in [-0.25, -0.2) is 4.40 Å². The molecule has 0 saturated carbocycles. The molecule has 0 bridgehead atoms. The maximum Gasteiger partial charge on any atom is 0.0946 e. The highest BCUT2D eigenvalue weighted by atomic mass is 32.1. The van der Waals surface area contributed by atoms with Gasteiger partial charge in [-0.3, -0.25) is 0 Å². The Labute approximate surface area is 85.5 Å². The van der Waals surface area contributed by atoms with Gasteiger partial charge in [0.25, 0.3) is 0 Å². The van der Waals surface area contributed by atoms with E-state index in [9.17, 15) is 0 Å². The van der Waals surface area contributed by atoms with E-state index in [4.69, 9.17) is 5.41 Å². The van der Waals surface area contributed by atoms with E-state index < -0.39 is 0 Å². The molecule has 3 heteroatoms. The van der Waals surface area contributed by atoms with E-state index in [1.807, 2.05) is 32.1 Å². The van der Waals surface area contributed by atoms with Crippen molar-refractivity contribution >= 4 is 24.2 Å². The van der Waals surface area contributed by atoms with Gasteiger partial charge in [0, 0.05) is 0 Å². The number of rotatable bonds is 4. The summed E-state index contributed by atoms with van der Waals surface area (Å²) in [6, 6.07) is 0. The summed E-state index contributed by atoms with van der Waals surface area (Å²) in [6.45, 7) is 5.71. The molecule has 0 heterocycles. The fourth-order valence-corrected chi connectivity index (χ4v) is 1.24. The molecule has 1 N–H and O–H groups in total. The summed E-state index contributed by atoms with van der Waals surface area (Å²) >= 11 is 3.85. The molecule has 0 spiro atoms. The van der Waals surface area contributed by atoms with Gasteiger partial charge >= 0.3 is 0 Å². The third-order valence-electron chi connectivity index (χ3n) is 1.63. The molecule has 0 rings (SSSR count). The van der Waals surface area contributed by atoms with Crippen molar-refractivity contribution in [3.8, 4) is 0 Å². The van der Waals surface area contributed by atoms with Crippen LogP contribution in [-0.4, -0.2) is 11.4 Å². The SMILES string of the molecule is C\C=C/C=C(CC)/C(=N/S)C(C)=N. The molecule has 0 aromatic heterocycles. The van der Waals surface area contributed by atoms with Gasteiger partial charge in [0.1, 0.15) is 0 Å². The van der Waals surface area contributed by atoms with Crippen LogP contribution in [0.4, 0.5) is 0 Å². The second kappa shape index (κ2) is 6.66. The second-order valence-corrected chi connectivity index (χ2v) is 2.84. The Balaban J connectivity index is 4.85. The first-order valence-electron chi connectivity index (χ1n) is 4.27. The van der Waals surface area contributed by atoms with Crippen molar-refractivity contribution in [2.24, 2.45) is 4.40 Å². The van der Waals surface area contributed by atoms with Crippen LogP contribution in [0.15, 0.2) is 28.2 Å². The lowest BCUT2D eigenvalue weighted by Gasteiger charge is -2.04. The quantitative estimate of drug-likeness (QED) is 0.393. The molecule has 0 amide bonds. The summed E-state index contributed by atoms with van der Waals surface area (Å²) < 4.78 is 3.80. The maximum absolute atomic E-state index is 7.48. The highest BCUT2D eigenvalue weighted by Crippen LogP contribution is 2.07. The van der Waals surface area contributed by atoms with Gasteiger partial charge in [-0.05, 0) is 38.7 Å². The summed E-state index contributed by atoms with van der Waals surface area (Å²) in [5.41, 5.74) is 2.16. The largest absolute Gasteiger partial charge is 0.303 e. The smallest absolute Gasteiger partial charge is 0.0946 e. The summed E-state index contributed by atoms with van der Waals surface area (Å²) in [4.78, 5) is 0. The van der Waals surface area contributed by atoms with Crippen molar-refractivity contribution in [1.82, 2.24) is 0 Å². The molecule has 13 heavy (non-hydrogen) atoms. The minimum Gasteiger partial charge on any atom is -0.303 e. The third-order valence-corrected chi connectivity index (χ3v) is 1.83. The van der Waals surface area contributed by atoms with Crippen molar-refractivity contribution < 1.29 is 0 Å². The molecular weight excluding hydrogens is 180 g/mol. The number of hydrogen-bond donors (Lipinski definition) is 2. The fraction of sp³-hybridized carbons (Fsp3) is 0.400. The molecular formula is C10H16N2S. The van der Waals surface area contributed by atoms with Gasteiger partial charge in [0.2, 0.25) is 0 Å². The van der Waals surface area contributed by atoms with Crippen LogP contribution < -0.4 is 0 Å². The molecule has 0 atom stereocenters. The normalized spacial score (nSPS) is 13.8. The van der Waals surface area contributed by atoms with Crippen LogP contribution in [0.25, 0.3) is 0 Å². The van der Waals surface area contributed by atoms with Crippen LogP contribution in [0.2, 0.25) is 0 Å². The van der Waals surface area contributed by atoms with Crippen LogP contribution >= 0.6 is 12.8 Å².